The van der Waals surface area contributed by atoms with Gasteiger partial charge in [-0.2, -0.15) is 0 Å². The van der Waals surface area contributed by atoms with Gasteiger partial charge in [-0.3, -0.25) is 0 Å². The molecule has 0 bridgehead atoms. The van der Waals surface area contributed by atoms with Crippen molar-refractivity contribution in [3.05, 3.63) is 12.4 Å². The molecule has 16 heavy (non-hydrogen) atoms. The SMILES string of the molecule is CC(C)Nc1nccn1C1CCCCCC1. The van der Waals surface area contributed by atoms with Crippen LogP contribution in [-0.2, 0) is 0 Å². The summed E-state index contributed by atoms with van der Waals surface area (Å²) in [5.74, 6) is 1.04. The maximum atomic E-state index is 4.41. The quantitative estimate of drug-likeness (QED) is 0.790. The van der Waals surface area contributed by atoms with E-state index in [1.807, 2.05) is 6.20 Å². The predicted molar refractivity (Wildman–Crippen MR) is 67.7 cm³/mol. The standard InChI is InChI=1S/C13H23N3/c1-11(2)15-13-14-9-10-16(13)12-7-5-3-4-6-8-12/h9-12H,3-8H2,1-2H3,(H,14,15). The highest BCUT2D eigenvalue weighted by atomic mass is 15.2. The molecule has 0 aromatic carbocycles. The normalized spacial score (nSPS) is 18.7. The van der Waals surface area contributed by atoms with Crippen LogP contribution in [0.4, 0.5) is 5.95 Å². The van der Waals surface area contributed by atoms with Crippen molar-refractivity contribution in [1.29, 1.82) is 0 Å². The maximum Gasteiger partial charge on any atom is 0.203 e. The van der Waals surface area contributed by atoms with Gasteiger partial charge in [0, 0.05) is 24.5 Å². The van der Waals surface area contributed by atoms with Crippen LogP contribution in [0.15, 0.2) is 12.4 Å². The Morgan fingerprint density at radius 1 is 1.25 bits per heavy atom. The molecule has 1 aromatic rings. The largest absolute Gasteiger partial charge is 0.353 e. The van der Waals surface area contributed by atoms with Crippen molar-refractivity contribution in [3.8, 4) is 0 Å². The first-order valence-corrected chi connectivity index (χ1v) is 6.57. The maximum absolute atomic E-state index is 4.41. The first kappa shape index (κ1) is 11.5. The van der Waals surface area contributed by atoms with Crippen LogP contribution in [-0.4, -0.2) is 15.6 Å². The van der Waals surface area contributed by atoms with Crippen LogP contribution in [0, 0.1) is 0 Å². The van der Waals surface area contributed by atoms with Gasteiger partial charge < -0.3 is 9.88 Å². The third-order valence-corrected chi connectivity index (χ3v) is 3.30. The molecule has 0 unspecified atom stereocenters. The molecule has 1 aliphatic carbocycles. The van der Waals surface area contributed by atoms with Gasteiger partial charge in [0.1, 0.15) is 0 Å². The zero-order valence-corrected chi connectivity index (χ0v) is 10.4. The summed E-state index contributed by atoms with van der Waals surface area (Å²) in [7, 11) is 0. The molecular weight excluding hydrogens is 198 g/mol. The van der Waals surface area contributed by atoms with Gasteiger partial charge in [-0.15, -0.1) is 0 Å². The Hall–Kier alpha value is -0.990. The molecular formula is C13H23N3. The van der Waals surface area contributed by atoms with Gasteiger partial charge >= 0.3 is 0 Å². The lowest BCUT2D eigenvalue weighted by molar-refractivity contribution is 0.446. The van der Waals surface area contributed by atoms with E-state index in [0.29, 0.717) is 12.1 Å². The van der Waals surface area contributed by atoms with Crippen LogP contribution in [0.3, 0.4) is 0 Å². The Morgan fingerprint density at radius 2 is 1.94 bits per heavy atom. The minimum absolute atomic E-state index is 0.451. The van der Waals surface area contributed by atoms with E-state index >= 15 is 0 Å². The summed E-state index contributed by atoms with van der Waals surface area (Å²) >= 11 is 0. The second-order valence-electron chi connectivity index (χ2n) is 5.10. The number of nitrogens with zero attached hydrogens (tertiary/aromatic N) is 2. The van der Waals surface area contributed by atoms with Crippen molar-refractivity contribution in [3.63, 3.8) is 0 Å². The van der Waals surface area contributed by atoms with Crippen LogP contribution in [0.25, 0.3) is 0 Å². The van der Waals surface area contributed by atoms with E-state index < -0.39 is 0 Å². The molecule has 3 nitrogen and oxygen atoms in total. The Bertz CT molecular complexity index is 309. The van der Waals surface area contributed by atoms with Crippen LogP contribution < -0.4 is 5.32 Å². The molecule has 1 heterocycles. The van der Waals surface area contributed by atoms with E-state index in [0.717, 1.165) is 5.95 Å². The number of aromatic nitrogens is 2. The Kier molecular flexibility index (Phi) is 3.86. The van der Waals surface area contributed by atoms with Crippen molar-refractivity contribution in [2.75, 3.05) is 5.32 Å². The summed E-state index contributed by atoms with van der Waals surface area (Å²) in [6.07, 6.45) is 12.2. The van der Waals surface area contributed by atoms with Gasteiger partial charge in [-0.1, -0.05) is 25.7 Å². The summed E-state index contributed by atoms with van der Waals surface area (Å²) < 4.78 is 2.34. The fourth-order valence-corrected chi connectivity index (χ4v) is 2.51. The number of nitrogens with one attached hydrogen (secondary N) is 1. The average molecular weight is 221 g/mol. The molecule has 0 atom stereocenters. The predicted octanol–water partition coefficient (Wildman–Crippen LogP) is 3.60. The minimum atomic E-state index is 0.451. The molecule has 1 aliphatic rings. The van der Waals surface area contributed by atoms with Gasteiger partial charge in [0.15, 0.2) is 0 Å². The van der Waals surface area contributed by atoms with Gasteiger partial charge in [-0.25, -0.2) is 4.98 Å². The molecule has 1 aromatic heterocycles. The molecule has 2 rings (SSSR count). The Morgan fingerprint density at radius 3 is 2.56 bits per heavy atom. The molecule has 0 saturated heterocycles. The average Bonchev–Trinajstić information content (AvgIpc) is 2.53. The monoisotopic (exact) mass is 221 g/mol. The summed E-state index contributed by atoms with van der Waals surface area (Å²) in [5.41, 5.74) is 0. The molecule has 1 fully saturated rings. The lowest BCUT2D eigenvalue weighted by atomic mass is 10.1. The third-order valence-electron chi connectivity index (χ3n) is 3.30. The van der Waals surface area contributed by atoms with Gasteiger partial charge in [0.2, 0.25) is 5.95 Å². The smallest absolute Gasteiger partial charge is 0.203 e. The molecule has 0 spiro atoms. The minimum Gasteiger partial charge on any atom is -0.353 e. The summed E-state index contributed by atoms with van der Waals surface area (Å²) in [6, 6.07) is 1.11. The number of rotatable bonds is 3. The first-order chi connectivity index (χ1) is 7.77. The van der Waals surface area contributed by atoms with Crippen molar-refractivity contribution < 1.29 is 0 Å². The van der Waals surface area contributed by atoms with Crippen molar-refractivity contribution in [2.24, 2.45) is 0 Å². The van der Waals surface area contributed by atoms with Crippen molar-refractivity contribution in [1.82, 2.24) is 9.55 Å². The summed E-state index contributed by atoms with van der Waals surface area (Å²) in [6.45, 7) is 4.32. The van der Waals surface area contributed by atoms with Crippen molar-refractivity contribution in [2.45, 2.75) is 64.5 Å². The van der Waals surface area contributed by atoms with E-state index in [4.69, 9.17) is 0 Å². The lowest BCUT2D eigenvalue weighted by Gasteiger charge is -2.20. The van der Waals surface area contributed by atoms with Crippen LogP contribution in [0.1, 0.15) is 58.4 Å². The fraction of sp³-hybridized carbons (Fsp3) is 0.769. The van der Waals surface area contributed by atoms with E-state index in [2.05, 4.69) is 34.9 Å². The molecule has 1 N–H and O–H groups in total. The zero-order valence-electron chi connectivity index (χ0n) is 10.4. The van der Waals surface area contributed by atoms with Gasteiger partial charge in [0.05, 0.1) is 0 Å². The molecule has 0 radical (unpaired) electrons. The van der Waals surface area contributed by atoms with E-state index in [1.54, 1.807) is 0 Å². The number of imidazole rings is 1. The molecule has 3 heteroatoms. The summed E-state index contributed by atoms with van der Waals surface area (Å²) in [4.78, 5) is 4.41. The number of anilines is 1. The second kappa shape index (κ2) is 5.37. The highest BCUT2D eigenvalue weighted by Gasteiger charge is 2.16. The van der Waals surface area contributed by atoms with Crippen LogP contribution in [0.2, 0.25) is 0 Å². The number of hydrogen-bond donors (Lipinski definition) is 1. The second-order valence-corrected chi connectivity index (χ2v) is 5.10. The number of hydrogen-bond acceptors (Lipinski definition) is 2. The summed E-state index contributed by atoms with van der Waals surface area (Å²) in [5, 5.41) is 3.42. The van der Waals surface area contributed by atoms with E-state index in [-0.39, 0.29) is 0 Å². The molecule has 0 amide bonds. The van der Waals surface area contributed by atoms with Crippen molar-refractivity contribution >= 4 is 5.95 Å². The molecule has 1 saturated carbocycles. The highest BCUT2D eigenvalue weighted by Crippen LogP contribution is 2.29. The highest BCUT2D eigenvalue weighted by molar-refractivity contribution is 5.27. The Balaban J connectivity index is 2.09. The first-order valence-electron chi connectivity index (χ1n) is 6.57. The zero-order chi connectivity index (χ0) is 11.4. The van der Waals surface area contributed by atoms with Gasteiger partial charge in [0.25, 0.3) is 0 Å². The van der Waals surface area contributed by atoms with E-state index in [1.165, 1.54) is 38.5 Å². The fourth-order valence-electron chi connectivity index (χ4n) is 2.51. The van der Waals surface area contributed by atoms with E-state index in [9.17, 15) is 0 Å². The Labute approximate surface area is 98.3 Å². The third kappa shape index (κ3) is 2.77. The molecule has 90 valence electrons. The topological polar surface area (TPSA) is 29.9 Å². The lowest BCUT2D eigenvalue weighted by Crippen LogP contribution is -2.17. The molecule has 0 aliphatic heterocycles. The van der Waals surface area contributed by atoms with Crippen LogP contribution >= 0.6 is 0 Å². The van der Waals surface area contributed by atoms with Crippen LogP contribution in [0.5, 0.6) is 0 Å². The van der Waals surface area contributed by atoms with Gasteiger partial charge in [-0.05, 0) is 26.7 Å².